The van der Waals surface area contributed by atoms with Crippen molar-refractivity contribution in [3.05, 3.63) is 48.6 Å². The number of hydrogen-bond acceptors (Lipinski definition) is 4. The number of hydrogen-bond donors (Lipinski definition) is 0. The van der Waals surface area contributed by atoms with E-state index in [1.54, 1.807) is 13.0 Å². The van der Waals surface area contributed by atoms with E-state index in [4.69, 9.17) is 4.74 Å². The zero-order chi connectivity index (χ0) is 14.1. The third-order valence-electron chi connectivity index (χ3n) is 2.45. The second-order valence-electron chi connectivity index (χ2n) is 3.98. The maximum atomic E-state index is 11.5. The number of rotatable bonds is 6. The minimum Gasteiger partial charge on any atom is -0.444 e. The lowest BCUT2D eigenvalue weighted by molar-refractivity contribution is 0.117. The van der Waals surface area contributed by atoms with Gasteiger partial charge in [-0.3, -0.25) is 4.36 Å². The van der Waals surface area contributed by atoms with Crippen molar-refractivity contribution in [2.45, 2.75) is 25.9 Å². The van der Waals surface area contributed by atoms with Gasteiger partial charge in [-0.1, -0.05) is 48.6 Å². The van der Waals surface area contributed by atoms with Gasteiger partial charge in [-0.25, -0.2) is 4.79 Å². The van der Waals surface area contributed by atoms with Crippen LogP contribution >= 0.6 is 0 Å². The lowest BCUT2D eigenvalue weighted by Crippen LogP contribution is -2.05. The SMILES string of the molecule is C=CCCC[S-](=O)=NC(=O)O[C@@H](C)c1ccccc1. The van der Waals surface area contributed by atoms with Crippen LogP contribution in [0.15, 0.2) is 47.3 Å². The highest BCUT2D eigenvalue weighted by atomic mass is 32.2. The van der Waals surface area contributed by atoms with Gasteiger partial charge in [0.05, 0.1) is 0 Å². The first-order chi connectivity index (χ1) is 9.13. The molecule has 1 aromatic carbocycles. The maximum Gasteiger partial charge on any atom is 0.410 e. The number of carbonyl (C=O) groups is 1. The van der Waals surface area contributed by atoms with Gasteiger partial charge in [-0.2, -0.15) is 10.6 Å². The molecular formula is C14H18NO3S-. The molecular weight excluding hydrogens is 262 g/mol. The van der Waals surface area contributed by atoms with Crippen LogP contribution in [0.25, 0.3) is 0 Å². The first-order valence-electron chi connectivity index (χ1n) is 6.10. The van der Waals surface area contributed by atoms with Crippen molar-refractivity contribution in [2.75, 3.05) is 5.75 Å². The van der Waals surface area contributed by atoms with E-state index in [1.807, 2.05) is 30.3 Å². The highest BCUT2D eigenvalue weighted by Crippen LogP contribution is 2.16. The average molecular weight is 280 g/mol. The summed E-state index contributed by atoms with van der Waals surface area (Å²) < 4.78 is 20.0. The number of carbonyl (C=O) groups excluding carboxylic acids is 1. The summed E-state index contributed by atoms with van der Waals surface area (Å²) in [6, 6.07) is 9.34. The molecule has 5 heteroatoms. The topological polar surface area (TPSA) is 55.7 Å². The van der Waals surface area contributed by atoms with Crippen LogP contribution in [0.4, 0.5) is 4.79 Å². The molecule has 0 radical (unpaired) electrons. The van der Waals surface area contributed by atoms with Gasteiger partial charge in [0, 0.05) is 0 Å². The zero-order valence-corrected chi connectivity index (χ0v) is 11.8. The first-order valence-corrected chi connectivity index (χ1v) is 7.37. The van der Waals surface area contributed by atoms with Gasteiger partial charge >= 0.3 is 6.09 Å². The van der Waals surface area contributed by atoms with E-state index in [9.17, 15) is 9.00 Å². The van der Waals surface area contributed by atoms with Crippen LogP contribution in [0.1, 0.15) is 31.4 Å². The summed E-state index contributed by atoms with van der Waals surface area (Å²) in [5.74, 6) is 0.348. The standard InChI is InChI=1S/C14H18NO3S/c1-3-4-8-11-19(17)15-14(16)18-12(2)13-9-6-5-7-10-13/h3,5-7,9-10,12H,1,4,8,11H2,2H3/q-1/t12-/m0/s1. The van der Waals surface area contributed by atoms with Crippen molar-refractivity contribution < 1.29 is 13.7 Å². The predicted molar refractivity (Wildman–Crippen MR) is 76.1 cm³/mol. The largest absolute Gasteiger partial charge is 0.444 e. The fourth-order valence-electron chi connectivity index (χ4n) is 1.44. The Bertz CT molecular complexity index is 493. The summed E-state index contributed by atoms with van der Waals surface area (Å²) in [7, 11) is -1.52. The van der Waals surface area contributed by atoms with E-state index in [0.29, 0.717) is 12.2 Å². The molecule has 0 spiro atoms. The van der Waals surface area contributed by atoms with E-state index in [1.165, 1.54) is 0 Å². The second-order valence-corrected chi connectivity index (χ2v) is 5.22. The first kappa shape index (κ1) is 15.4. The molecule has 0 bridgehead atoms. The van der Waals surface area contributed by atoms with Crippen LogP contribution < -0.4 is 0 Å². The second kappa shape index (κ2) is 8.48. The number of amides is 1. The summed E-state index contributed by atoms with van der Waals surface area (Å²) in [4.78, 5) is 11.5. The van der Waals surface area contributed by atoms with Gasteiger partial charge in [0.15, 0.2) is 0 Å². The molecule has 104 valence electrons. The van der Waals surface area contributed by atoms with Crippen LogP contribution in [0, 0.1) is 0 Å². The smallest absolute Gasteiger partial charge is 0.410 e. The molecule has 19 heavy (non-hydrogen) atoms. The molecule has 0 aliphatic heterocycles. The number of ether oxygens (including phenoxy) is 1. The highest BCUT2D eigenvalue weighted by Gasteiger charge is 2.08. The van der Waals surface area contributed by atoms with Crippen molar-refractivity contribution in [1.29, 1.82) is 0 Å². The Labute approximate surface area is 115 Å². The van der Waals surface area contributed by atoms with E-state index in [-0.39, 0.29) is 0 Å². The molecule has 0 aliphatic carbocycles. The third-order valence-corrected chi connectivity index (χ3v) is 3.44. The molecule has 0 saturated heterocycles. The number of unbranched alkanes of at least 4 members (excludes halogenated alkanes) is 1. The molecule has 0 aromatic heterocycles. The molecule has 1 amide bonds. The summed E-state index contributed by atoms with van der Waals surface area (Å²) in [6.45, 7) is 5.32. The van der Waals surface area contributed by atoms with Crippen LogP contribution in [-0.2, 0) is 19.5 Å². The van der Waals surface area contributed by atoms with Gasteiger partial charge < -0.3 is 8.95 Å². The van der Waals surface area contributed by atoms with Crippen molar-refractivity contribution in [3.63, 3.8) is 0 Å². The summed E-state index contributed by atoms with van der Waals surface area (Å²) in [5.41, 5.74) is 0.878. The quantitative estimate of drug-likeness (QED) is 0.449. The van der Waals surface area contributed by atoms with Crippen molar-refractivity contribution >= 4 is 16.7 Å². The normalized spacial score (nSPS) is 13.7. The lowest BCUT2D eigenvalue weighted by atomic mass is 10.1. The van der Waals surface area contributed by atoms with Gasteiger partial charge in [-0.05, 0) is 18.9 Å². The maximum absolute atomic E-state index is 11.5. The van der Waals surface area contributed by atoms with E-state index in [2.05, 4.69) is 10.9 Å². The fourth-order valence-corrected chi connectivity index (χ4v) is 2.16. The van der Waals surface area contributed by atoms with Crippen molar-refractivity contribution in [2.24, 2.45) is 4.36 Å². The van der Waals surface area contributed by atoms with Gasteiger partial charge in [-0.15, -0.1) is 6.58 Å². The Hall–Kier alpha value is -1.62. The van der Waals surface area contributed by atoms with E-state index >= 15 is 0 Å². The zero-order valence-electron chi connectivity index (χ0n) is 11.0. The number of allylic oxidation sites excluding steroid dienone is 1. The molecule has 1 aromatic rings. The fraction of sp³-hybridized carbons (Fsp3) is 0.357. The summed E-state index contributed by atoms with van der Waals surface area (Å²) >= 11 is 0. The van der Waals surface area contributed by atoms with Gasteiger partial charge in [0.1, 0.15) is 6.10 Å². The predicted octanol–water partition coefficient (Wildman–Crippen LogP) is 4.00. The molecule has 0 saturated carbocycles. The Balaban J connectivity index is 2.48. The van der Waals surface area contributed by atoms with Crippen LogP contribution in [0.2, 0.25) is 0 Å². The Morgan fingerprint density at radius 1 is 1.47 bits per heavy atom. The Morgan fingerprint density at radius 2 is 2.16 bits per heavy atom. The third kappa shape index (κ3) is 6.20. The molecule has 0 N–H and O–H groups in total. The summed E-state index contributed by atoms with van der Waals surface area (Å²) in [6.07, 6.45) is 2.01. The van der Waals surface area contributed by atoms with E-state index < -0.39 is 22.8 Å². The molecule has 0 aliphatic rings. The molecule has 4 nitrogen and oxygen atoms in total. The highest BCUT2D eigenvalue weighted by molar-refractivity contribution is 7.75. The Kier molecular flexibility index (Phi) is 6.89. The van der Waals surface area contributed by atoms with Crippen LogP contribution in [0.3, 0.4) is 0 Å². The molecule has 0 fully saturated rings. The van der Waals surface area contributed by atoms with Gasteiger partial charge in [0.2, 0.25) is 0 Å². The lowest BCUT2D eigenvalue weighted by Gasteiger charge is -2.12. The number of nitrogens with zero attached hydrogens (tertiary/aromatic N) is 1. The van der Waals surface area contributed by atoms with Crippen LogP contribution in [-0.4, -0.2) is 11.8 Å². The van der Waals surface area contributed by atoms with Crippen LogP contribution in [0.5, 0.6) is 0 Å². The van der Waals surface area contributed by atoms with Gasteiger partial charge in [0.25, 0.3) is 0 Å². The minimum atomic E-state index is -1.52. The molecule has 1 rings (SSSR count). The average Bonchev–Trinajstić information content (AvgIpc) is 2.39. The molecule has 1 atom stereocenters. The molecule has 0 heterocycles. The van der Waals surface area contributed by atoms with Crippen molar-refractivity contribution in [1.82, 2.24) is 0 Å². The summed E-state index contributed by atoms with van der Waals surface area (Å²) in [5, 5.41) is 0. The number of benzene rings is 1. The Morgan fingerprint density at radius 3 is 2.79 bits per heavy atom. The minimum absolute atomic E-state index is 0.348. The van der Waals surface area contributed by atoms with Crippen molar-refractivity contribution in [3.8, 4) is 0 Å². The monoisotopic (exact) mass is 280 g/mol. The van der Waals surface area contributed by atoms with E-state index in [0.717, 1.165) is 12.0 Å². The molecule has 0 unspecified atom stereocenters.